The Morgan fingerprint density at radius 1 is 1.00 bits per heavy atom. The van der Waals surface area contributed by atoms with Crippen LogP contribution in [0.15, 0.2) is 42.5 Å². The lowest BCUT2D eigenvalue weighted by atomic mass is 10.2. The third-order valence-electron chi connectivity index (χ3n) is 4.00. The van der Waals surface area contributed by atoms with Crippen molar-refractivity contribution in [1.29, 1.82) is 0 Å². The maximum Gasteiger partial charge on any atom is 0.113 e. The third kappa shape index (κ3) is 2.33. The van der Waals surface area contributed by atoms with Crippen molar-refractivity contribution >= 4 is 34.2 Å². The number of para-hydroxylation sites is 2. The van der Waals surface area contributed by atoms with E-state index in [0.717, 1.165) is 22.4 Å². The average Bonchev–Trinajstić information content (AvgIpc) is 3.26. The molecule has 0 unspecified atom stereocenters. The first kappa shape index (κ1) is 13.2. The Bertz CT molecular complexity index is 799. The summed E-state index contributed by atoms with van der Waals surface area (Å²) in [6.45, 7) is 0.671. The summed E-state index contributed by atoms with van der Waals surface area (Å²) in [6, 6.07) is 13.9. The quantitative estimate of drug-likeness (QED) is 0.643. The third-order valence-corrected chi connectivity index (χ3v) is 4.71. The van der Waals surface area contributed by atoms with E-state index in [1.54, 1.807) is 0 Å². The molecule has 4 heteroatoms. The second-order valence-corrected chi connectivity index (χ2v) is 6.33. The molecule has 1 aromatic heterocycles. The summed E-state index contributed by atoms with van der Waals surface area (Å²) in [5, 5.41) is 1.42. The molecule has 0 aliphatic heterocycles. The minimum absolute atomic E-state index is 0.582. The molecule has 2 aromatic carbocycles. The highest BCUT2D eigenvalue weighted by atomic mass is 35.5. The SMILES string of the molecule is Clc1cccc(Cl)c1Cn1c(C2CC2)nc2ccccc21. The molecule has 0 atom stereocenters. The molecular weight excluding hydrogens is 303 g/mol. The molecule has 0 saturated heterocycles. The minimum Gasteiger partial charge on any atom is -0.323 e. The van der Waals surface area contributed by atoms with Gasteiger partial charge in [0, 0.05) is 21.5 Å². The summed E-state index contributed by atoms with van der Waals surface area (Å²) in [4.78, 5) is 4.81. The van der Waals surface area contributed by atoms with E-state index in [1.165, 1.54) is 12.8 Å². The summed E-state index contributed by atoms with van der Waals surface area (Å²) in [5.41, 5.74) is 3.16. The number of rotatable bonds is 3. The maximum atomic E-state index is 6.33. The molecule has 4 rings (SSSR count). The zero-order valence-electron chi connectivity index (χ0n) is 11.4. The summed E-state index contributed by atoms with van der Waals surface area (Å²) >= 11 is 12.7. The molecule has 0 spiro atoms. The van der Waals surface area contributed by atoms with E-state index in [-0.39, 0.29) is 0 Å². The van der Waals surface area contributed by atoms with Gasteiger partial charge in [-0.1, -0.05) is 41.4 Å². The number of aromatic nitrogens is 2. The van der Waals surface area contributed by atoms with Crippen LogP contribution < -0.4 is 0 Å². The summed E-state index contributed by atoms with van der Waals surface area (Å²) in [7, 11) is 0. The molecule has 1 aliphatic rings. The Morgan fingerprint density at radius 2 is 1.71 bits per heavy atom. The fourth-order valence-corrected chi connectivity index (χ4v) is 3.27. The molecule has 3 aromatic rings. The summed E-state index contributed by atoms with van der Waals surface area (Å²) in [6.07, 6.45) is 2.44. The van der Waals surface area contributed by atoms with Gasteiger partial charge in [-0.05, 0) is 37.1 Å². The van der Waals surface area contributed by atoms with Crippen LogP contribution in [0.2, 0.25) is 10.0 Å². The second-order valence-electron chi connectivity index (χ2n) is 5.52. The fraction of sp³-hybridized carbons (Fsp3) is 0.235. The zero-order valence-corrected chi connectivity index (χ0v) is 12.9. The van der Waals surface area contributed by atoms with E-state index in [2.05, 4.69) is 16.7 Å². The van der Waals surface area contributed by atoms with E-state index in [9.17, 15) is 0 Å². The van der Waals surface area contributed by atoms with Crippen LogP contribution in [0.25, 0.3) is 11.0 Å². The molecule has 0 amide bonds. The predicted molar refractivity (Wildman–Crippen MR) is 87.3 cm³/mol. The van der Waals surface area contributed by atoms with Gasteiger partial charge in [-0.25, -0.2) is 4.98 Å². The summed E-state index contributed by atoms with van der Waals surface area (Å²) < 4.78 is 2.26. The topological polar surface area (TPSA) is 17.8 Å². The molecule has 2 nitrogen and oxygen atoms in total. The monoisotopic (exact) mass is 316 g/mol. The second kappa shape index (κ2) is 5.04. The van der Waals surface area contributed by atoms with Crippen molar-refractivity contribution in [1.82, 2.24) is 9.55 Å². The number of hydrogen-bond donors (Lipinski definition) is 0. The van der Waals surface area contributed by atoms with Gasteiger partial charge in [-0.3, -0.25) is 0 Å². The minimum atomic E-state index is 0.582. The van der Waals surface area contributed by atoms with Crippen LogP contribution in [0.4, 0.5) is 0 Å². The number of imidazole rings is 1. The van der Waals surface area contributed by atoms with Crippen molar-refractivity contribution in [3.8, 4) is 0 Å². The lowest BCUT2D eigenvalue weighted by Crippen LogP contribution is -2.05. The Hall–Kier alpha value is -1.51. The van der Waals surface area contributed by atoms with Crippen LogP contribution in [0.3, 0.4) is 0 Å². The molecule has 0 bridgehead atoms. The first-order valence-corrected chi connectivity index (χ1v) is 7.87. The van der Waals surface area contributed by atoms with Crippen LogP contribution in [-0.4, -0.2) is 9.55 Å². The van der Waals surface area contributed by atoms with Gasteiger partial charge in [0.2, 0.25) is 0 Å². The highest BCUT2D eigenvalue weighted by Crippen LogP contribution is 2.41. The van der Waals surface area contributed by atoms with Crippen LogP contribution in [0.1, 0.15) is 30.1 Å². The zero-order chi connectivity index (χ0) is 14.4. The maximum absolute atomic E-state index is 6.33. The Kier molecular flexibility index (Phi) is 3.16. The van der Waals surface area contributed by atoms with Gasteiger partial charge < -0.3 is 4.57 Å². The van der Waals surface area contributed by atoms with Crippen LogP contribution in [0, 0.1) is 0 Å². The number of halogens is 2. The number of benzene rings is 2. The van der Waals surface area contributed by atoms with Gasteiger partial charge in [0.15, 0.2) is 0 Å². The van der Waals surface area contributed by atoms with Crippen LogP contribution in [-0.2, 0) is 6.54 Å². The van der Waals surface area contributed by atoms with Crippen LogP contribution in [0.5, 0.6) is 0 Å². The van der Waals surface area contributed by atoms with E-state index in [1.807, 2.05) is 30.3 Å². The first-order chi connectivity index (χ1) is 10.2. The van der Waals surface area contributed by atoms with Gasteiger partial charge in [-0.15, -0.1) is 0 Å². The van der Waals surface area contributed by atoms with Crippen molar-refractivity contribution in [3.05, 3.63) is 63.9 Å². The van der Waals surface area contributed by atoms with Crippen molar-refractivity contribution in [3.63, 3.8) is 0 Å². The normalized spacial score (nSPS) is 14.8. The highest BCUT2D eigenvalue weighted by Gasteiger charge is 2.29. The van der Waals surface area contributed by atoms with Gasteiger partial charge in [0.05, 0.1) is 17.6 Å². The van der Waals surface area contributed by atoms with Crippen molar-refractivity contribution in [2.24, 2.45) is 0 Å². The predicted octanol–water partition coefficient (Wildman–Crippen LogP) is 5.27. The van der Waals surface area contributed by atoms with Gasteiger partial charge in [0.1, 0.15) is 5.82 Å². The van der Waals surface area contributed by atoms with E-state index in [4.69, 9.17) is 28.2 Å². The largest absolute Gasteiger partial charge is 0.323 e. The summed E-state index contributed by atoms with van der Waals surface area (Å²) in [5.74, 6) is 1.74. The molecular formula is C17H14Cl2N2. The lowest BCUT2D eigenvalue weighted by Gasteiger charge is -2.12. The van der Waals surface area contributed by atoms with Gasteiger partial charge >= 0.3 is 0 Å². The molecule has 0 radical (unpaired) electrons. The molecule has 0 N–H and O–H groups in total. The van der Waals surface area contributed by atoms with E-state index < -0.39 is 0 Å². The Morgan fingerprint density at radius 3 is 2.43 bits per heavy atom. The van der Waals surface area contributed by atoms with Gasteiger partial charge in [0.25, 0.3) is 0 Å². The van der Waals surface area contributed by atoms with Crippen molar-refractivity contribution in [2.75, 3.05) is 0 Å². The van der Waals surface area contributed by atoms with Crippen molar-refractivity contribution < 1.29 is 0 Å². The standard InChI is InChI=1S/C17H14Cl2N2/c18-13-4-3-5-14(19)12(13)10-21-16-7-2-1-6-15(16)20-17(21)11-8-9-11/h1-7,11H,8-10H2. The lowest BCUT2D eigenvalue weighted by molar-refractivity contribution is 0.747. The Labute approximate surface area is 133 Å². The van der Waals surface area contributed by atoms with E-state index in [0.29, 0.717) is 22.5 Å². The molecule has 1 saturated carbocycles. The van der Waals surface area contributed by atoms with Crippen molar-refractivity contribution in [2.45, 2.75) is 25.3 Å². The smallest absolute Gasteiger partial charge is 0.113 e. The average molecular weight is 317 g/mol. The number of fused-ring (bicyclic) bond motifs is 1. The van der Waals surface area contributed by atoms with Gasteiger partial charge in [-0.2, -0.15) is 0 Å². The fourth-order valence-electron chi connectivity index (χ4n) is 2.76. The Balaban J connectivity index is 1.87. The number of nitrogens with zero attached hydrogens (tertiary/aromatic N) is 2. The molecule has 1 heterocycles. The molecule has 21 heavy (non-hydrogen) atoms. The molecule has 106 valence electrons. The highest BCUT2D eigenvalue weighted by molar-refractivity contribution is 6.36. The van der Waals surface area contributed by atoms with Crippen LogP contribution >= 0.6 is 23.2 Å². The molecule has 1 aliphatic carbocycles. The first-order valence-electron chi connectivity index (χ1n) is 7.12. The van der Waals surface area contributed by atoms with E-state index >= 15 is 0 Å². The molecule has 1 fully saturated rings. The number of hydrogen-bond acceptors (Lipinski definition) is 1.